The lowest BCUT2D eigenvalue weighted by molar-refractivity contribution is -0.385. The lowest BCUT2D eigenvalue weighted by atomic mass is 10.0. The molecule has 1 rings (SSSR count). The number of hydrogen-bond donors (Lipinski definition) is 2. The number of nitrogens with two attached hydrogens (primary N) is 2. The van der Waals surface area contributed by atoms with Crippen LogP contribution in [0.4, 0.5) is 5.69 Å². The summed E-state index contributed by atoms with van der Waals surface area (Å²) in [4.78, 5) is 10.3. The molecule has 0 radical (unpaired) electrons. The summed E-state index contributed by atoms with van der Waals surface area (Å²) in [5.74, 6) is 0. The van der Waals surface area contributed by atoms with Gasteiger partial charge in [0.25, 0.3) is 5.69 Å². The van der Waals surface area contributed by atoms with Crippen molar-refractivity contribution in [3.05, 3.63) is 38.3 Å². The van der Waals surface area contributed by atoms with Crippen LogP contribution in [-0.2, 0) is 0 Å². The fourth-order valence-electron chi connectivity index (χ4n) is 1.40. The molecular formula is C10H14BrN3O2. The first-order chi connectivity index (χ1) is 7.56. The van der Waals surface area contributed by atoms with E-state index < -0.39 is 4.92 Å². The second kappa shape index (κ2) is 5.93. The highest BCUT2D eigenvalue weighted by Crippen LogP contribution is 2.28. The molecule has 16 heavy (non-hydrogen) atoms. The van der Waals surface area contributed by atoms with E-state index in [1.807, 2.05) is 0 Å². The Bertz CT molecular complexity index is 384. The van der Waals surface area contributed by atoms with Crippen molar-refractivity contribution >= 4 is 21.6 Å². The van der Waals surface area contributed by atoms with E-state index in [1.165, 1.54) is 6.07 Å². The summed E-state index contributed by atoms with van der Waals surface area (Å²) < 4.78 is 0.465. The molecule has 0 amide bonds. The SMILES string of the molecule is NCCC[C@@H](N)c1ccc(Br)c([N+](=O)[O-])c1. The van der Waals surface area contributed by atoms with Gasteiger partial charge in [-0.25, -0.2) is 0 Å². The Kier molecular flexibility index (Phi) is 4.85. The van der Waals surface area contributed by atoms with Crippen LogP contribution in [0.25, 0.3) is 0 Å². The first-order valence-electron chi connectivity index (χ1n) is 4.95. The van der Waals surface area contributed by atoms with Crippen molar-refractivity contribution < 1.29 is 4.92 Å². The minimum absolute atomic E-state index is 0.0423. The molecule has 0 spiro atoms. The Morgan fingerprint density at radius 2 is 2.19 bits per heavy atom. The third-order valence-electron chi connectivity index (χ3n) is 2.31. The van der Waals surface area contributed by atoms with Gasteiger partial charge in [0.2, 0.25) is 0 Å². The van der Waals surface area contributed by atoms with Crippen molar-refractivity contribution in [3.8, 4) is 0 Å². The maximum Gasteiger partial charge on any atom is 0.283 e. The summed E-state index contributed by atoms with van der Waals surface area (Å²) in [6.07, 6.45) is 1.54. The quantitative estimate of drug-likeness (QED) is 0.640. The summed E-state index contributed by atoms with van der Waals surface area (Å²) in [6, 6.07) is 4.75. The van der Waals surface area contributed by atoms with Gasteiger partial charge in [0, 0.05) is 12.1 Å². The van der Waals surface area contributed by atoms with Crippen LogP contribution >= 0.6 is 15.9 Å². The summed E-state index contributed by atoms with van der Waals surface area (Å²) in [5, 5.41) is 10.7. The summed E-state index contributed by atoms with van der Waals surface area (Å²) in [7, 11) is 0. The zero-order valence-corrected chi connectivity index (χ0v) is 10.3. The van der Waals surface area contributed by atoms with Crippen LogP contribution in [0.3, 0.4) is 0 Å². The van der Waals surface area contributed by atoms with Crippen LogP contribution in [0.2, 0.25) is 0 Å². The number of nitrogens with zero attached hydrogens (tertiary/aromatic N) is 1. The van der Waals surface area contributed by atoms with E-state index in [0.717, 1.165) is 18.4 Å². The third kappa shape index (κ3) is 3.26. The molecular weight excluding hydrogens is 274 g/mol. The Morgan fingerprint density at radius 1 is 1.50 bits per heavy atom. The molecule has 0 fully saturated rings. The van der Waals surface area contributed by atoms with Crippen molar-refractivity contribution in [1.82, 2.24) is 0 Å². The van der Waals surface area contributed by atoms with Gasteiger partial charge < -0.3 is 11.5 Å². The van der Waals surface area contributed by atoms with E-state index >= 15 is 0 Å². The van der Waals surface area contributed by atoms with Crippen molar-refractivity contribution in [2.45, 2.75) is 18.9 Å². The maximum absolute atomic E-state index is 10.7. The molecule has 0 aromatic heterocycles. The molecule has 0 saturated carbocycles. The fraction of sp³-hybridized carbons (Fsp3) is 0.400. The van der Waals surface area contributed by atoms with Gasteiger partial charge in [-0.15, -0.1) is 0 Å². The van der Waals surface area contributed by atoms with Gasteiger partial charge >= 0.3 is 0 Å². The molecule has 5 nitrogen and oxygen atoms in total. The molecule has 0 unspecified atom stereocenters. The topological polar surface area (TPSA) is 95.2 Å². The predicted octanol–water partition coefficient (Wildman–Crippen LogP) is 2.10. The van der Waals surface area contributed by atoms with E-state index in [2.05, 4.69) is 15.9 Å². The number of nitro benzene ring substituents is 1. The van der Waals surface area contributed by atoms with E-state index in [0.29, 0.717) is 11.0 Å². The highest BCUT2D eigenvalue weighted by atomic mass is 79.9. The molecule has 0 aliphatic carbocycles. The first kappa shape index (κ1) is 13.1. The molecule has 1 atom stereocenters. The third-order valence-corrected chi connectivity index (χ3v) is 2.98. The molecule has 4 N–H and O–H groups in total. The number of nitro groups is 1. The number of halogens is 1. The van der Waals surface area contributed by atoms with Crippen LogP contribution in [0.1, 0.15) is 24.4 Å². The second-order valence-electron chi connectivity index (χ2n) is 3.51. The molecule has 88 valence electrons. The number of rotatable bonds is 5. The van der Waals surface area contributed by atoms with Crippen molar-refractivity contribution in [3.63, 3.8) is 0 Å². The van der Waals surface area contributed by atoms with Crippen LogP contribution in [0, 0.1) is 10.1 Å². The monoisotopic (exact) mass is 287 g/mol. The predicted molar refractivity (Wildman–Crippen MR) is 66.0 cm³/mol. The number of hydrogen-bond acceptors (Lipinski definition) is 4. The Labute approximate surface area is 102 Å². The van der Waals surface area contributed by atoms with Crippen molar-refractivity contribution in [2.75, 3.05) is 6.54 Å². The van der Waals surface area contributed by atoms with Gasteiger partial charge in [0.05, 0.1) is 9.40 Å². The lowest BCUT2D eigenvalue weighted by Gasteiger charge is -2.11. The van der Waals surface area contributed by atoms with Gasteiger partial charge in [0.1, 0.15) is 0 Å². The average Bonchev–Trinajstić information content (AvgIpc) is 2.26. The summed E-state index contributed by atoms with van der Waals surface area (Å²) in [6.45, 7) is 0.576. The number of benzene rings is 1. The minimum atomic E-state index is -0.427. The molecule has 0 saturated heterocycles. The highest BCUT2D eigenvalue weighted by molar-refractivity contribution is 9.10. The van der Waals surface area contributed by atoms with Gasteiger partial charge in [-0.3, -0.25) is 10.1 Å². The lowest BCUT2D eigenvalue weighted by Crippen LogP contribution is -2.12. The Balaban J connectivity index is 2.89. The molecule has 1 aromatic rings. The molecule has 0 aliphatic rings. The van der Waals surface area contributed by atoms with E-state index in [1.54, 1.807) is 12.1 Å². The normalized spacial score (nSPS) is 12.4. The Morgan fingerprint density at radius 3 is 2.75 bits per heavy atom. The van der Waals surface area contributed by atoms with E-state index in [9.17, 15) is 10.1 Å². The van der Waals surface area contributed by atoms with Crippen molar-refractivity contribution in [1.29, 1.82) is 0 Å². The van der Waals surface area contributed by atoms with Gasteiger partial charge in [-0.2, -0.15) is 0 Å². The fourth-order valence-corrected chi connectivity index (χ4v) is 1.80. The molecule has 0 heterocycles. The average molecular weight is 288 g/mol. The van der Waals surface area contributed by atoms with Crippen LogP contribution < -0.4 is 11.5 Å². The zero-order valence-electron chi connectivity index (χ0n) is 8.73. The molecule has 6 heteroatoms. The largest absolute Gasteiger partial charge is 0.330 e. The van der Waals surface area contributed by atoms with E-state index in [-0.39, 0.29) is 11.7 Å². The molecule has 0 aliphatic heterocycles. The molecule has 1 aromatic carbocycles. The Hall–Kier alpha value is -0.980. The highest BCUT2D eigenvalue weighted by Gasteiger charge is 2.15. The first-order valence-corrected chi connectivity index (χ1v) is 5.75. The van der Waals surface area contributed by atoms with Crippen LogP contribution in [-0.4, -0.2) is 11.5 Å². The summed E-state index contributed by atoms with van der Waals surface area (Å²) in [5.41, 5.74) is 12.1. The van der Waals surface area contributed by atoms with Crippen molar-refractivity contribution in [2.24, 2.45) is 11.5 Å². The van der Waals surface area contributed by atoms with Crippen LogP contribution in [0.15, 0.2) is 22.7 Å². The van der Waals surface area contributed by atoms with E-state index in [4.69, 9.17) is 11.5 Å². The maximum atomic E-state index is 10.7. The van der Waals surface area contributed by atoms with Gasteiger partial charge in [-0.1, -0.05) is 6.07 Å². The van der Waals surface area contributed by atoms with Gasteiger partial charge in [0.15, 0.2) is 0 Å². The van der Waals surface area contributed by atoms with Crippen LogP contribution in [0.5, 0.6) is 0 Å². The standard InChI is InChI=1S/C10H14BrN3O2/c11-8-4-3-7(6-10(8)14(15)16)9(13)2-1-5-12/h3-4,6,9H,1-2,5,12-13H2/t9-/m1/s1. The minimum Gasteiger partial charge on any atom is -0.330 e. The van der Waals surface area contributed by atoms with Gasteiger partial charge in [-0.05, 0) is 46.9 Å². The molecule has 0 bridgehead atoms. The second-order valence-corrected chi connectivity index (χ2v) is 4.36. The smallest absolute Gasteiger partial charge is 0.283 e. The summed E-state index contributed by atoms with van der Waals surface area (Å²) >= 11 is 3.13. The zero-order chi connectivity index (χ0) is 12.1.